The van der Waals surface area contributed by atoms with Crippen molar-refractivity contribution in [2.24, 2.45) is 16.5 Å². The standard InChI is InChI=1S/C8H10Cl2N4O/c9-5-3-6(10)7(14-4-5)15-2-1-13-8(11)12/h3-4H,1-2H2,(H4,11,12,13). The molecule has 0 bridgehead atoms. The molecule has 1 aromatic heterocycles. The van der Waals surface area contributed by atoms with Crippen molar-refractivity contribution in [2.45, 2.75) is 0 Å². The summed E-state index contributed by atoms with van der Waals surface area (Å²) in [7, 11) is 0. The van der Waals surface area contributed by atoms with Crippen molar-refractivity contribution >= 4 is 29.2 Å². The van der Waals surface area contributed by atoms with Gasteiger partial charge in [0, 0.05) is 6.20 Å². The largest absolute Gasteiger partial charge is 0.475 e. The second-order valence-corrected chi connectivity index (χ2v) is 3.44. The lowest BCUT2D eigenvalue weighted by atomic mass is 10.5. The molecule has 1 rings (SSSR count). The summed E-state index contributed by atoms with van der Waals surface area (Å²) in [5.41, 5.74) is 10.3. The molecule has 15 heavy (non-hydrogen) atoms. The van der Waals surface area contributed by atoms with Gasteiger partial charge in [-0.3, -0.25) is 4.99 Å². The number of rotatable bonds is 4. The molecule has 0 unspecified atom stereocenters. The van der Waals surface area contributed by atoms with Crippen LogP contribution in [0.15, 0.2) is 17.3 Å². The Hall–Kier alpha value is -1.20. The van der Waals surface area contributed by atoms with Crippen molar-refractivity contribution in [2.75, 3.05) is 13.2 Å². The zero-order valence-electron chi connectivity index (χ0n) is 7.78. The second-order valence-electron chi connectivity index (χ2n) is 2.60. The highest BCUT2D eigenvalue weighted by atomic mass is 35.5. The van der Waals surface area contributed by atoms with Crippen LogP contribution in [0.5, 0.6) is 5.88 Å². The molecular weight excluding hydrogens is 239 g/mol. The SMILES string of the molecule is NC(N)=NCCOc1ncc(Cl)cc1Cl. The maximum atomic E-state index is 5.81. The van der Waals surface area contributed by atoms with E-state index >= 15 is 0 Å². The topological polar surface area (TPSA) is 86.5 Å². The molecule has 82 valence electrons. The Morgan fingerprint density at radius 1 is 1.47 bits per heavy atom. The summed E-state index contributed by atoms with van der Waals surface area (Å²) in [5.74, 6) is 0.334. The maximum Gasteiger partial charge on any atom is 0.232 e. The summed E-state index contributed by atoms with van der Waals surface area (Å²) in [6.07, 6.45) is 1.45. The molecular formula is C8H10Cl2N4O. The molecule has 1 heterocycles. The first-order valence-electron chi connectivity index (χ1n) is 4.09. The molecule has 0 saturated heterocycles. The maximum absolute atomic E-state index is 5.81. The highest BCUT2D eigenvalue weighted by Gasteiger charge is 2.03. The number of aliphatic imine (C=N–C) groups is 1. The Kier molecular flexibility index (Phi) is 4.45. The van der Waals surface area contributed by atoms with Gasteiger partial charge in [-0.15, -0.1) is 0 Å². The average Bonchev–Trinajstić information content (AvgIpc) is 2.14. The number of aromatic nitrogens is 1. The lowest BCUT2D eigenvalue weighted by Crippen LogP contribution is -2.23. The van der Waals surface area contributed by atoms with E-state index in [4.69, 9.17) is 39.4 Å². The van der Waals surface area contributed by atoms with Gasteiger partial charge in [-0.25, -0.2) is 4.98 Å². The Morgan fingerprint density at radius 2 is 2.20 bits per heavy atom. The third kappa shape index (κ3) is 4.22. The van der Waals surface area contributed by atoms with Gasteiger partial charge in [0.15, 0.2) is 5.96 Å². The molecule has 0 spiro atoms. The van der Waals surface area contributed by atoms with Crippen LogP contribution in [-0.2, 0) is 0 Å². The van der Waals surface area contributed by atoms with E-state index in [0.717, 1.165) is 0 Å². The fourth-order valence-corrected chi connectivity index (χ4v) is 1.26. The molecule has 0 atom stereocenters. The molecule has 0 fully saturated rings. The molecule has 1 aromatic rings. The Morgan fingerprint density at radius 3 is 2.80 bits per heavy atom. The van der Waals surface area contributed by atoms with Crippen LogP contribution in [0.3, 0.4) is 0 Å². The molecule has 0 radical (unpaired) electrons. The van der Waals surface area contributed by atoms with E-state index in [1.54, 1.807) is 6.07 Å². The number of ether oxygens (including phenoxy) is 1. The average molecular weight is 249 g/mol. The van der Waals surface area contributed by atoms with Crippen molar-refractivity contribution < 1.29 is 4.74 Å². The highest BCUT2D eigenvalue weighted by Crippen LogP contribution is 2.24. The summed E-state index contributed by atoms with van der Waals surface area (Å²) >= 11 is 11.5. The van der Waals surface area contributed by atoms with Gasteiger partial charge in [0.2, 0.25) is 5.88 Å². The van der Waals surface area contributed by atoms with Crippen molar-refractivity contribution in [3.63, 3.8) is 0 Å². The van der Waals surface area contributed by atoms with Crippen LogP contribution >= 0.6 is 23.2 Å². The normalized spacial score (nSPS) is 9.73. The second kappa shape index (κ2) is 5.63. The molecule has 0 saturated carbocycles. The summed E-state index contributed by atoms with van der Waals surface area (Å²) in [4.78, 5) is 7.63. The highest BCUT2D eigenvalue weighted by molar-refractivity contribution is 6.35. The van der Waals surface area contributed by atoms with Gasteiger partial charge < -0.3 is 16.2 Å². The third-order valence-electron chi connectivity index (χ3n) is 1.40. The number of nitrogens with zero attached hydrogens (tertiary/aromatic N) is 2. The summed E-state index contributed by atoms with van der Waals surface area (Å²) in [6.45, 7) is 0.648. The molecule has 0 aliphatic carbocycles. The predicted molar refractivity (Wildman–Crippen MR) is 60.4 cm³/mol. The monoisotopic (exact) mass is 248 g/mol. The molecule has 0 aromatic carbocycles. The van der Waals surface area contributed by atoms with Crippen LogP contribution in [0, 0.1) is 0 Å². The lowest BCUT2D eigenvalue weighted by molar-refractivity contribution is 0.316. The molecule has 0 aliphatic heterocycles. The fraction of sp³-hybridized carbons (Fsp3) is 0.250. The van der Waals surface area contributed by atoms with Gasteiger partial charge >= 0.3 is 0 Å². The number of pyridine rings is 1. The van der Waals surface area contributed by atoms with Gasteiger partial charge in [-0.1, -0.05) is 23.2 Å². The first-order chi connectivity index (χ1) is 7.09. The van der Waals surface area contributed by atoms with Gasteiger partial charge in [-0.2, -0.15) is 0 Å². The lowest BCUT2D eigenvalue weighted by Gasteiger charge is -2.04. The molecule has 0 amide bonds. The summed E-state index contributed by atoms with van der Waals surface area (Å²) < 4.78 is 5.22. The van der Waals surface area contributed by atoms with Gasteiger partial charge in [0.05, 0.1) is 11.6 Å². The Labute approximate surface area is 97.0 Å². The van der Waals surface area contributed by atoms with Gasteiger partial charge in [-0.05, 0) is 6.07 Å². The number of halogens is 2. The Bertz CT molecular complexity index is 366. The van der Waals surface area contributed by atoms with Gasteiger partial charge in [0.1, 0.15) is 11.6 Å². The van der Waals surface area contributed by atoms with Crippen LogP contribution in [0.2, 0.25) is 10.0 Å². The summed E-state index contributed by atoms with van der Waals surface area (Å²) in [5, 5.41) is 0.809. The molecule has 4 N–H and O–H groups in total. The van der Waals surface area contributed by atoms with E-state index < -0.39 is 0 Å². The first-order valence-corrected chi connectivity index (χ1v) is 4.84. The zero-order chi connectivity index (χ0) is 11.3. The van der Waals surface area contributed by atoms with Crippen LogP contribution in [0.4, 0.5) is 0 Å². The minimum Gasteiger partial charge on any atom is -0.475 e. The van der Waals surface area contributed by atoms with Gasteiger partial charge in [0.25, 0.3) is 0 Å². The molecule has 5 nitrogen and oxygen atoms in total. The third-order valence-corrected chi connectivity index (χ3v) is 1.88. The minimum atomic E-state index is 0.0220. The zero-order valence-corrected chi connectivity index (χ0v) is 9.29. The summed E-state index contributed by atoms with van der Waals surface area (Å²) in [6, 6.07) is 1.55. The van der Waals surface area contributed by atoms with E-state index in [0.29, 0.717) is 29.1 Å². The van der Waals surface area contributed by atoms with E-state index in [-0.39, 0.29) is 5.96 Å². The molecule has 0 aliphatic rings. The number of hydrogen-bond acceptors (Lipinski definition) is 3. The first kappa shape index (κ1) is 11.9. The van der Waals surface area contributed by atoms with Crippen molar-refractivity contribution in [3.8, 4) is 5.88 Å². The smallest absolute Gasteiger partial charge is 0.232 e. The Balaban J connectivity index is 2.47. The quantitative estimate of drug-likeness (QED) is 0.474. The van der Waals surface area contributed by atoms with Crippen molar-refractivity contribution in [1.29, 1.82) is 0 Å². The van der Waals surface area contributed by atoms with E-state index in [1.165, 1.54) is 6.20 Å². The number of guanidine groups is 1. The number of nitrogens with two attached hydrogens (primary N) is 2. The van der Waals surface area contributed by atoms with Crippen LogP contribution in [0.1, 0.15) is 0 Å². The van der Waals surface area contributed by atoms with Crippen LogP contribution in [0.25, 0.3) is 0 Å². The van der Waals surface area contributed by atoms with Crippen molar-refractivity contribution in [1.82, 2.24) is 4.98 Å². The van der Waals surface area contributed by atoms with E-state index in [9.17, 15) is 0 Å². The molecule has 7 heteroatoms. The van der Waals surface area contributed by atoms with Crippen LogP contribution < -0.4 is 16.2 Å². The minimum absolute atomic E-state index is 0.0220. The van der Waals surface area contributed by atoms with Crippen molar-refractivity contribution in [3.05, 3.63) is 22.3 Å². The predicted octanol–water partition coefficient (Wildman–Crippen LogP) is 1.04. The number of hydrogen-bond donors (Lipinski definition) is 2. The van der Waals surface area contributed by atoms with E-state index in [2.05, 4.69) is 9.98 Å². The van der Waals surface area contributed by atoms with E-state index in [1.807, 2.05) is 0 Å². The fourth-order valence-electron chi connectivity index (χ4n) is 0.825. The van der Waals surface area contributed by atoms with Crippen LogP contribution in [-0.4, -0.2) is 24.1 Å².